The molecule has 1 rings (SSSR count). The van der Waals surface area contributed by atoms with Crippen LogP contribution in [-0.4, -0.2) is 20.7 Å². The Bertz CT molecular complexity index is 423. The Morgan fingerprint density at radius 1 is 1.38 bits per heavy atom. The van der Waals surface area contributed by atoms with E-state index in [1.54, 1.807) is 11.3 Å². The highest BCUT2D eigenvalue weighted by Crippen LogP contribution is 2.20. The molecular weight excluding hydrogens is 242 g/mol. The molecule has 0 saturated heterocycles. The molecular formula is C11H19NO2S2. The van der Waals surface area contributed by atoms with E-state index >= 15 is 0 Å². The molecule has 1 unspecified atom stereocenters. The third kappa shape index (κ3) is 4.23. The summed E-state index contributed by atoms with van der Waals surface area (Å²) in [6.45, 7) is 4.36. The zero-order chi connectivity index (χ0) is 12.2. The second-order valence-corrected chi connectivity index (χ2v) is 7.48. The van der Waals surface area contributed by atoms with Crippen molar-refractivity contribution in [2.24, 2.45) is 11.7 Å². The molecule has 0 bridgehead atoms. The van der Waals surface area contributed by atoms with E-state index in [1.165, 1.54) is 4.88 Å². The molecule has 0 aromatic carbocycles. The molecule has 1 atom stereocenters. The van der Waals surface area contributed by atoms with Gasteiger partial charge in [-0.05, 0) is 31.0 Å². The third-order valence-corrected chi connectivity index (χ3v) is 5.61. The van der Waals surface area contributed by atoms with Crippen molar-refractivity contribution in [2.45, 2.75) is 26.0 Å². The van der Waals surface area contributed by atoms with Gasteiger partial charge in [0.05, 0.1) is 11.5 Å². The summed E-state index contributed by atoms with van der Waals surface area (Å²) in [5.41, 5.74) is 5.44. The predicted molar refractivity (Wildman–Crippen MR) is 69.4 cm³/mol. The maximum atomic E-state index is 11.8. The van der Waals surface area contributed by atoms with E-state index in [9.17, 15) is 8.42 Å². The van der Waals surface area contributed by atoms with Crippen LogP contribution in [0.5, 0.6) is 0 Å². The van der Waals surface area contributed by atoms with Gasteiger partial charge in [-0.1, -0.05) is 13.8 Å². The molecule has 0 aliphatic rings. The van der Waals surface area contributed by atoms with Crippen LogP contribution in [0.3, 0.4) is 0 Å². The average Bonchev–Trinajstić information content (AvgIpc) is 2.63. The molecule has 0 spiro atoms. The average molecular weight is 261 g/mol. The Morgan fingerprint density at radius 3 is 2.50 bits per heavy atom. The van der Waals surface area contributed by atoms with E-state index in [2.05, 4.69) is 6.92 Å². The molecule has 1 aromatic rings. The highest BCUT2D eigenvalue weighted by Gasteiger charge is 2.16. The smallest absolute Gasteiger partial charge is 0.155 e. The maximum absolute atomic E-state index is 11.8. The fourth-order valence-electron chi connectivity index (χ4n) is 1.47. The molecule has 5 heteroatoms. The van der Waals surface area contributed by atoms with E-state index in [0.29, 0.717) is 6.54 Å². The summed E-state index contributed by atoms with van der Waals surface area (Å²) in [4.78, 5) is 2.16. The molecule has 0 amide bonds. The van der Waals surface area contributed by atoms with Crippen LogP contribution in [0.1, 0.15) is 23.6 Å². The number of thiophene rings is 1. The summed E-state index contributed by atoms with van der Waals surface area (Å²) in [5.74, 6) is 0.376. The van der Waals surface area contributed by atoms with Crippen molar-refractivity contribution in [1.29, 1.82) is 0 Å². The van der Waals surface area contributed by atoms with Crippen molar-refractivity contribution >= 4 is 21.2 Å². The second-order valence-electron chi connectivity index (χ2n) is 4.12. The quantitative estimate of drug-likeness (QED) is 0.849. The van der Waals surface area contributed by atoms with Crippen molar-refractivity contribution in [3.8, 4) is 0 Å². The lowest BCUT2D eigenvalue weighted by Crippen LogP contribution is -2.21. The minimum atomic E-state index is -3.01. The van der Waals surface area contributed by atoms with Gasteiger partial charge in [-0.2, -0.15) is 0 Å². The first kappa shape index (κ1) is 13.7. The van der Waals surface area contributed by atoms with Crippen molar-refractivity contribution in [3.05, 3.63) is 21.9 Å². The Morgan fingerprint density at radius 2 is 2.00 bits per heavy atom. The molecule has 16 heavy (non-hydrogen) atoms. The van der Waals surface area contributed by atoms with E-state index < -0.39 is 9.84 Å². The SMILES string of the molecule is CCc1ccc(CS(=O)(=O)CC(C)CN)s1. The predicted octanol–water partition coefficient (Wildman–Crippen LogP) is 1.82. The van der Waals surface area contributed by atoms with Crippen LogP contribution in [0, 0.1) is 5.92 Å². The van der Waals surface area contributed by atoms with Crippen LogP contribution in [-0.2, 0) is 22.0 Å². The number of nitrogens with two attached hydrogens (primary N) is 1. The van der Waals surface area contributed by atoms with Gasteiger partial charge in [0.1, 0.15) is 0 Å². The number of aryl methyl sites for hydroxylation is 1. The van der Waals surface area contributed by atoms with Gasteiger partial charge in [0.2, 0.25) is 0 Å². The Hall–Kier alpha value is -0.390. The minimum Gasteiger partial charge on any atom is -0.330 e. The lowest BCUT2D eigenvalue weighted by Gasteiger charge is -2.08. The van der Waals surface area contributed by atoms with Crippen molar-refractivity contribution < 1.29 is 8.42 Å². The summed E-state index contributed by atoms with van der Waals surface area (Å²) < 4.78 is 23.6. The molecule has 2 N–H and O–H groups in total. The molecule has 0 aliphatic carbocycles. The van der Waals surface area contributed by atoms with Crippen molar-refractivity contribution in [2.75, 3.05) is 12.3 Å². The van der Waals surface area contributed by atoms with E-state index in [0.717, 1.165) is 11.3 Å². The summed E-state index contributed by atoms with van der Waals surface area (Å²) in [6, 6.07) is 3.91. The molecule has 0 aliphatic heterocycles. The second kappa shape index (κ2) is 5.80. The first-order valence-electron chi connectivity index (χ1n) is 5.45. The number of rotatable bonds is 6. The maximum Gasteiger partial charge on any atom is 0.155 e. The van der Waals surface area contributed by atoms with Gasteiger partial charge in [0.25, 0.3) is 0 Å². The summed E-state index contributed by atoms with van der Waals surface area (Å²) >= 11 is 1.58. The van der Waals surface area contributed by atoms with E-state index in [4.69, 9.17) is 5.73 Å². The number of sulfone groups is 1. The normalized spacial score (nSPS) is 13.9. The number of hydrogen-bond donors (Lipinski definition) is 1. The molecule has 0 fully saturated rings. The van der Waals surface area contributed by atoms with Crippen LogP contribution in [0.4, 0.5) is 0 Å². The van der Waals surface area contributed by atoms with E-state index in [-0.39, 0.29) is 17.4 Å². The molecule has 1 heterocycles. The standard InChI is InChI=1S/C11H19NO2S2/c1-3-10-4-5-11(15-10)8-16(13,14)7-9(2)6-12/h4-5,9H,3,6-8,12H2,1-2H3. The Labute approximate surface area is 102 Å². The fraction of sp³-hybridized carbons (Fsp3) is 0.636. The lowest BCUT2D eigenvalue weighted by atomic mass is 10.2. The van der Waals surface area contributed by atoms with Crippen molar-refractivity contribution in [3.63, 3.8) is 0 Å². The first-order chi connectivity index (χ1) is 7.46. The Kier molecular flexibility index (Phi) is 4.95. The minimum absolute atomic E-state index is 0.0376. The summed E-state index contributed by atoms with van der Waals surface area (Å²) in [7, 11) is -3.01. The zero-order valence-corrected chi connectivity index (χ0v) is 11.4. The lowest BCUT2D eigenvalue weighted by molar-refractivity contribution is 0.573. The van der Waals surface area contributed by atoms with Gasteiger partial charge in [-0.15, -0.1) is 11.3 Å². The topological polar surface area (TPSA) is 60.2 Å². The Balaban J connectivity index is 2.65. The van der Waals surface area contributed by atoms with Gasteiger partial charge in [-0.25, -0.2) is 8.42 Å². The van der Waals surface area contributed by atoms with Crippen LogP contribution in [0.2, 0.25) is 0 Å². The molecule has 1 aromatic heterocycles. The molecule has 92 valence electrons. The van der Waals surface area contributed by atoms with Gasteiger partial charge in [0.15, 0.2) is 9.84 Å². The van der Waals surface area contributed by atoms with Gasteiger partial charge < -0.3 is 5.73 Å². The summed E-state index contributed by atoms with van der Waals surface area (Å²) in [5, 5.41) is 0. The van der Waals surface area contributed by atoms with Crippen LogP contribution in [0.15, 0.2) is 12.1 Å². The van der Waals surface area contributed by atoms with Crippen molar-refractivity contribution in [1.82, 2.24) is 0 Å². The van der Waals surface area contributed by atoms with Gasteiger partial charge in [-0.3, -0.25) is 0 Å². The van der Waals surface area contributed by atoms with E-state index in [1.807, 2.05) is 19.1 Å². The monoisotopic (exact) mass is 261 g/mol. The highest BCUT2D eigenvalue weighted by molar-refractivity contribution is 7.90. The van der Waals surface area contributed by atoms with Crippen LogP contribution >= 0.6 is 11.3 Å². The van der Waals surface area contributed by atoms with Gasteiger partial charge in [0, 0.05) is 9.75 Å². The van der Waals surface area contributed by atoms with Crippen LogP contribution in [0.25, 0.3) is 0 Å². The zero-order valence-electron chi connectivity index (χ0n) is 9.77. The fourth-order valence-corrected chi connectivity index (χ4v) is 4.65. The van der Waals surface area contributed by atoms with Gasteiger partial charge >= 0.3 is 0 Å². The first-order valence-corrected chi connectivity index (χ1v) is 8.08. The molecule has 0 radical (unpaired) electrons. The van der Waals surface area contributed by atoms with Crippen LogP contribution < -0.4 is 5.73 Å². The number of hydrogen-bond acceptors (Lipinski definition) is 4. The largest absolute Gasteiger partial charge is 0.330 e. The highest BCUT2D eigenvalue weighted by atomic mass is 32.2. The molecule has 3 nitrogen and oxygen atoms in total. The summed E-state index contributed by atoms with van der Waals surface area (Å²) in [6.07, 6.45) is 0.962. The third-order valence-electron chi connectivity index (χ3n) is 2.37. The molecule has 0 saturated carbocycles.